The molecule has 0 nitrogen and oxygen atoms in total. The lowest BCUT2D eigenvalue weighted by molar-refractivity contribution is 1.64. The van der Waals surface area contributed by atoms with E-state index < -0.39 is 0 Å². The smallest absolute Gasteiger partial charge is 0.0369 e. The van der Waals surface area contributed by atoms with E-state index in [1.54, 1.807) is 0 Å². The van der Waals surface area contributed by atoms with Crippen molar-refractivity contribution in [2.24, 2.45) is 0 Å². The Balaban J connectivity index is 1.07. The fraction of sp³-hybridized carbons (Fsp3) is 0. The normalized spacial score (nSPS) is 12.0. The molecule has 0 aliphatic carbocycles. The van der Waals surface area contributed by atoms with Gasteiger partial charge < -0.3 is 0 Å². The molecule has 0 atom stereocenters. The van der Waals surface area contributed by atoms with Crippen LogP contribution in [0.5, 0.6) is 0 Å². The molecule has 2 aromatic heterocycles. The first-order chi connectivity index (χ1) is 24.8. The summed E-state index contributed by atoms with van der Waals surface area (Å²) in [5.41, 5.74) is 7.59. The van der Waals surface area contributed by atoms with Gasteiger partial charge in [0.1, 0.15) is 0 Å². The van der Waals surface area contributed by atoms with Crippen LogP contribution in [0.4, 0.5) is 0 Å². The minimum atomic E-state index is 1.23. The van der Waals surface area contributed by atoms with Crippen LogP contribution >= 0.6 is 22.7 Å². The van der Waals surface area contributed by atoms with Crippen LogP contribution in [0, 0.1) is 0 Å². The Morgan fingerprint density at radius 1 is 0.260 bits per heavy atom. The molecular weight excluding hydrogens is 641 g/mol. The van der Waals surface area contributed by atoms with Gasteiger partial charge in [-0.25, -0.2) is 0 Å². The molecule has 11 rings (SSSR count). The highest BCUT2D eigenvalue weighted by Gasteiger charge is 2.18. The van der Waals surface area contributed by atoms with Crippen molar-refractivity contribution in [2.75, 3.05) is 0 Å². The second kappa shape index (κ2) is 10.9. The van der Waals surface area contributed by atoms with Gasteiger partial charge in [0.05, 0.1) is 0 Å². The Morgan fingerprint density at radius 3 is 1.48 bits per heavy atom. The molecule has 0 saturated carbocycles. The van der Waals surface area contributed by atoms with E-state index in [1.165, 1.54) is 106 Å². The first-order valence-corrected chi connectivity index (χ1v) is 18.7. The van der Waals surface area contributed by atoms with Crippen molar-refractivity contribution in [2.45, 2.75) is 0 Å². The van der Waals surface area contributed by atoms with Gasteiger partial charge in [-0.3, -0.25) is 0 Å². The van der Waals surface area contributed by atoms with E-state index in [0.29, 0.717) is 0 Å². The Kier molecular flexibility index (Phi) is 6.09. The van der Waals surface area contributed by atoms with Crippen molar-refractivity contribution >= 4 is 95.3 Å². The molecule has 0 N–H and O–H groups in total. The van der Waals surface area contributed by atoms with Crippen LogP contribution in [0.2, 0.25) is 0 Å². The molecule has 0 amide bonds. The van der Waals surface area contributed by atoms with Gasteiger partial charge in [-0.05, 0) is 96.0 Å². The van der Waals surface area contributed by atoms with Crippen LogP contribution in [0.3, 0.4) is 0 Å². The Bertz CT molecular complexity index is 3080. The van der Waals surface area contributed by atoms with Crippen LogP contribution in [0.15, 0.2) is 170 Å². The SMILES string of the molecule is c1ccc2c(-c3c4ccccc4c(-c4ccc(-c5ccc6sc7cc8sc9ccccc9c8cc7c6c5)cc4)c4ccccc34)cccc2c1. The zero-order valence-electron chi connectivity index (χ0n) is 27.0. The summed E-state index contributed by atoms with van der Waals surface area (Å²) in [6.45, 7) is 0. The third-order valence-electron chi connectivity index (χ3n) is 10.5. The molecule has 0 bridgehead atoms. The summed E-state index contributed by atoms with van der Waals surface area (Å²) in [6, 6.07) is 63.1. The molecule has 0 aliphatic heterocycles. The number of thiophene rings is 2. The first-order valence-electron chi connectivity index (χ1n) is 17.1. The highest BCUT2D eigenvalue weighted by Crippen LogP contribution is 2.46. The zero-order valence-corrected chi connectivity index (χ0v) is 28.6. The Labute approximate surface area is 297 Å². The highest BCUT2D eigenvalue weighted by molar-refractivity contribution is 7.28. The maximum absolute atomic E-state index is 2.42. The lowest BCUT2D eigenvalue weighted by atomic mass is 9.84. The summed E-state index contributed by atoms with van der Waals surface area (Å²) in [7, 11) is 0. The Morgan fingerprint density at radius 2 is 0.760 bits per heavy atom. The summed E-state index contributed by atoms with van der Waals surface area (Å²) in [5, 5.41) is 13.1. The summed E-state index contributed by atoms with van der Waals surface area (Å²) in [5.74, 6) is 0. The van der Waals surface area contributed by atoms with E-state index in [9.17, 15) is 0 Å². The maximum Gasteiger partial charge on any atom is 0.0369 e. The van der Waals surface area contributed by atoms with E-state index >= 15 is 0 Å². The summed E-state index contributed by atoms with van der Waals surface area (Å²) in [6.07, 6.45) is 0. The van der Waals surface area contributed by atoms with E-state index in [1.807, 2.05) is 22.7 Å². The van der Waals surface area contributed by atoms with E-state index in [0.717, 1.165) is 0 Å². The van der Waals surface area contributed by atoms with Crippen molar-refractivity contribution < 1.29 is 0 Å². The fourth-order valence-electron chi connectivity index (χ4n) is 8.18. The molecule has 0 fully saturated rings. The summed E-state index contributed by atoms with van der Waals surface area (Å²) < 4.78 is 5.42. The molecule has 0 saturated heterocycles. The summed E-state index contributed by atoms with van der Waals surface area (Å²) in [4.78, 5) is 0. The zero-order chi connectivity index (χ0) is 32.8. The van der Waals surface area contributed by atoms with Gasteiger partial charge in [-0.15, -0.1) is 22.7 Å². The number of fused-ring (bicyclic) bond motifs is 9. The predicted molar refractivity (Wildman–Crippen MR) is 221 cm³/mol. The van der Waals surface area contributed by atoms with Crippen molar-refractivity contribution in [1.82, 2.24) is 0 Å². The number of rotatable bonds is 3. The van der Waals surface area contributed by atoms with Crippen LogP contribution in [-0.2, 0) is 0 Å². The van der Waals surface area contributed by atoms with E-state index in [4.69, 9.17) is 0 Å². The minimum absolute atomic E-state index is 1.23. The maximum atomic E-state index is 2.42. The van der Waals surface area contributed by atoms with Gasteiger partial charge in [0, 0.05) is 40.3 Å². The molecule has 2 heterocycles. The average Bonchev–Trinajstić information content (AvgIpc) is 3.72. The second-order valence-electron chi connectivity index (χ2n) is 13.2. The molecule has 232 valence electrons. The molecule has 9 aromatic carbocycles. The van der Waals surface area contributed by atoms with Crippen molar-refractivity contribution in [1.29, 1.82) is 0 Å². The van der Waals surface area contributed by atoms with Crippen molar-refractivity contribution in [3.05, 3.63) is 170 Å². The van der Waals surface area contributed by atoms with Gasteiger partial charge >= 0.3 is 0 Å². The van der Waals surface area contributed by atoms with Crippen LogP contribution < -0.4 is 0 Å². The fourth-order valence-corrected chi connectivity index (χ4v) is 10.5. The molecule has 0 unspecified atom stereocenters. The molecule has 2 heteroatoms. The quantitative estimate of drug-likeness (QED) is 0.164. The molecular formula is C48H28S2. The first kappa shape index (κ1) is 28.1. The van der Waals surface area contributed by atoms with E-state index in [2.05, 4.69) is 170 Å². The van der Waals surface area contributed by atoms with Crippen LogP contribution in [0.25, 0.3) is 106 Å². The van der Waals surface area contributed by atoms with Gasteiger partial charge in [-0.2, -0.15) is 0 Å². The molecule has 11 aromatic rings. The van der Waals surface area contributed by atoms with E-state index in [-0.39, 0.29) is 0 Å². The highest BCUT2D eigenvalue weighted by atomic mass is 32.1. The second-order valence-corrected chi connectivity index (χ2v) is 15.4. The number of hydrogen-bond donors (Lipinski definition) is 0. The topological polar surface area (TPSA) is 0 Å². The Hall–Kier alpha value is -5.80. The number of benzene rings is 9. The predicted octanol–water partition coefficient (Wildman–Crippen LogP) is 14.9. The summed E-state index contributed by atoms with van der Waals surface area (Å²) >= 11 is 3.79. The lowest BCUT2D eigenvalue weighted by Crippen LogP contribution is -1.91. The van der Waals surface area contributed by atoms with Crippen LogP contribution in [0.1, 0.15) is 0 Å². The molecule has 50 heavy (non-hydrogen) atoms. The lowest BCUT2D eigenvalue weighted by Gasteiger charge is -2.19. The average molecular weight is 669 g/mol. The van der Waals surface area contributed by atoms with Crippen molar-refractivity contribution in [3.8, 4) is 33.4 Å². The monoisotopic (exact) mass is 668 g/mol. The van der Waals surface area contributed by atoms with Crippen LogP contribution in [-0.4, -0.2) is 0 Å². The van der Waals surface area contributed by atoms with Gasteiger partial charge in [-0.1, -0.05) is 140 Å². The minimum Gasteiger partial charge on any atom is -0.135 e. The number of hydrogen-bond acceptors (Lipinski definition) is 2. The molecule has 0 radical (unpaired) electrons. The molecule has 0 aliphatic rings. The molecule has 0 spiro atoms. The standard InChI is InChI=1S/C48H28S2/c1-2-12-33-30(10-1)11-9-18-35(33)48-38-16-5-3-14-36(38)47(37-15-4-6-17-39(37)48)31-22-20-29(21-23-31)32-24-25-44-40(26-32)42-27-41-34-13-7-8-19-43(34)49-45(41)28-46(42)50-44/h1-28H. The van der Waals surface area contributed by atoms with Crippen molar-refractivity contribution in [3.63, 3.8) is 0 Å². The van der Waals surface area contributed by atoms with Gasteiger partial charge in [0.2, 0.25) is 0 Å². The third-order valence-corrected chi connectivity index (χ3v) is 12.7. The van der Waals surface area contributed by atoms with Gasteiger partial charge in [0.15, 0.2) is 0 Å². The largest absolute Gasteiger partial charge is 0.135 e. The van der Waals surface area contributed by atoms with Gasteiger partial charge in [0.25, 0.3) is 0 Å². The third kappa shape index (κ3) is 4.16.